The van der Waals surface area contributed by atoms with E-state index in [1.807, 2.05) is 18.4 Å². The molecule has 2 amide bonds. The van der Waals surface area contributed by atoms with Crippen LogP contribution in [-0.4, -0.2) is 25.5 Å². The fraction of sp³-hybridized carbons (Fsp3) is 0.250. The number of hydrogen-bond acceptors (Lipinski definition) is 5. The quantitative estimate of drug-likeness (QED) is 0.813. The maximum Gasteiger partial charge on any atom is 0.266 e. The normalized spacial score (nSPS) is 10.2. The van der Waals surface area contributed by atoms with Gasteiger partial charge in [-0.05, 0) is 35.6 Å². The number of carbonyl (C=O) groups is 2. The Morgan fingerprint density at radius 1 is 1.26 bits per heavy atom. The predicted molar refractivity (Wildman–Crippen MR) is 89.3 cm³/mol. The van der Waals surface area contributed by atoms with Crippen LogP contribution in [0.2, 0.25) is 0 Å². The van der Waals surface area contributed by atoms with Crippen LogP contribution in [0.25, 0.3) is 0 Å². The number of carbonyl (C=O) groups excluding carboxylic acids is 2. The number of aryl methyl sites for hydroxylation is 1. The first-order valence-electron chi connectivity index (χ1n) is 7.02. The fourth-order valence-corrected chi connectivity index (χ4v) is 2.91. The lowest BCUT2D eigenvalue weighted by Crippen LogP contribution is -2.20. The van der Waals surface area contributed by atoms with Crippen LogP contribution in [0.15, 0.2) is 29.6 Å². The van der Waals surface area contributed by atoms with Gasteiger partial charge >= 0.3 is 0 Å². The monoisotopic (exact) mass is 334 g/mol. The van der Waals surface area contributed by atoms with Crippen molar-refractivity contribution < 1.29 is 19.1 Å². The molecule has 0 aliphatic heterocycles. The van der Waals surface area contributed by atoms with Crippen molar-refractivity contribution in [2.45, 2.75) is 13.3 Å². The smallest absolute Gasteiger partial charge is 0.266 e. The van der Waals surface area contributed by atoms with Gasteiger partial charge in [0.2, 0.25) is 0 Å². The first-order chi connectivity index (χ1) is 11.0. The van der Waals surface area contributed by atoms with Crippen molar-refractivity contribution in [2.75, 3.05) is 19.0 Å². The number of rotatable bonds is 7. The van der Waals surface area contributed by atoms with Crippen LogP contribution >= 0.6 is 11.3 Å². The lowest BCUT2D eigenvalue weighted by atomic mass is 10.2. The summed E-state index contributed by atoms with van der Waals surface area (Å²) in [5, 5.41) is 4.71. The highest BCUT2D eigenvalue weighted by Gasteiger charge is 2.14. The molecule has 0 fully saturated rings. The summed E-state index contributed by atoms with van der Waals surface area (Å²) in [4.78, 5) is 23.9. The summed E-state index contributed by atoms with van der Waals surface area (Å²) in [5.41, 5.74) is 6.63. The minimum atomic E-state index is -0.590. The molecule has 7 heteroatoms. The summed E-state index contributed by atoms with van der Waals surface area (Å²) in [7, 11) is 1.49. The topological polar surface area (TPSA) is 90.7 Å². The fourth-order valence-electron chi connectivity index (χ4n) is 2.02. The Hall–Kier alpha value is -2.54. The van der Waals surface area contributed by atoms with E-state index in [4.69, 9.17) is 15.2 Å². The van der Waals surface area contributed by atoms with Gasteiger partial charge in [-0.1, -0.05) is 6.92 Å². The maximum absolute atomic E-state index is 12.3. The number of benzene rings is 1. The number of thiophene rings is 1. The van der Waals surface area contributed by atoms with Gasteiger partial charge in [-0.25, -0.2) is 0 Å². The molecule has 122 valence electrons. The van der Waals surface area contributed by atoms with Gasteiger partial charge in [-0.3, -0.25) is 9.59 Å². The molecule has 23 heavy (non-hydrogen) atoms. The number of hydrogen-bond donors (Lipinski definition) is 2. The largest absolute Gasteiger partial charge is 0.493 e. The van der Waals surface area contributed by atoms with E-state index in [1.54, 1.807) is 18.2 Å². The average molecular weight is 334 g/mol. The first-order valence-corrected chi connectivity index (χ1v) is 7.90. The van der Waals surface area contributed by atoms with Crippen molar-refractivity contribution in [1.29, 1.82) is 0 Å². The minimum Gasteiger partial charge on any atom is -0.493 e. The van der Waals surface area contributed by atoms with Crippen molar-refractivity contribution in [1.82, 2.24) is 0 Å². The zero-order chi connectivity index (χ0) is 16.8. The second kappa shape index (κ2) is 7.64. The van der Waals surface area contributed by atoms with Crippen molar-refractivity contribution in [3.05, 3.63) is 40.1 Å². The average Bonchev–Trinajstić information content (AvgIpc) is 3.01. The van der Waals surface area contributed by atoms with E-state index in [0.29, 0.717) is 22.1 Å². The molecule has 0 radical (unpaired) electrons. The minimum absolute atomic E-state index is 0.178. The molecular formula is C16H18N2O4S. The Kier molecular flexibility index (Phi) is 5.59. The van der Waals surface area contributed by atoms with Gasteiger partial charge in [0.05, 0.1) is 12.0 Å². The highest BCUT2D eigenvalue weighted by atomic mass is 32.1. The molecule has 1 aromatic carbocycles. The standard InChI is InChI=1S/C16H18N2O4S/c1-3-10-6-7-23-15(10)16(20)18-11-4-5-12(21-2)13(8-11)22-9-14(17)19/h4-8H,3,9H2,1-2H3,(H2,17,19)(H,18,20). The van der Waals surface area contributed by atoms with Gasteiger partial charge in [0, 0.05) is 11.8 Å². The van der Waals surface area contributed by atoms with E-state index < -0.39 is 5.91 Å². The number of ether oxygens (including phenoxy) is 2. The van der Waals surface area contributed by atoms with E-state index in [-0.39, 0.29) is 12.5 Å². The molecule has 3 N–H and O–H groups in total. The summed E-state index contributed by atoms with van der Waals surface area (Å²) in [6.45, 7) is 1.74. The third-order valence-corrected chi connectivity index (χ3v) is 4.08. The van der Waals surface area contributed by atoms with E-state index in [2.05, 4.69) is 5.32 Å². The molecule has 1 aromatic heterocycles. The molecule has 0 aliphatic rings. The molecule has 0 aliphatic carbocycles. The number of nitrogens with two attached hydrogens (primary N) is 1. The van der Waals surface area contributed by atoms with Gasteiger partial charge in [0.15, 0.2) is 18.1 Å². The summed E-state index contributed by atoms with van der Waals surface area (Å²) >= 11 is 1.40. The third kappa shape index (κ3) is 4.23. The Labute approximate surface area is 138 Å². The Bertz CT molecular complexity index is 712. The maximum atomic E-state index is 12.3. The van der Waals surface area contributed by atoms with Crippen molar-refractivity contribution in [3.8, 4) is 11.5 Å². The molecular weight excluding hydrogens is 316 g/mol. The molecule has 6 nitrogen and oxygen atoms in total. The zero-order valence-corrected chi connectivity index (χ0v) is 13.7. The van der Waals surface area contributed by atoms with Crippen LogP contribution in [0, 0.1) is 0 Å². The molecule has 0 saturated carbocycles. The lowest BCUT2D eigenvalue weighted by Gasteiger charge is -2.12. The van der Waals surface area contributed by atoms with Crippen LogP contribution in [0.4, 0.5) is 5.69 Å². The molecule has 0 spiro atoms. The predicted octanol–water partition coefficient (Wildman–Crippen LogP) is 2.44. The third-order valence-electron chi connectivity index (χ3n) is 3.13. The Balaban J connectivity index is 2.18. The van der Waals surface area contributed by atoms with Gasteiger partial charge in [0.1, 0.15) is 0 Å². The van der Waals surface area contributed by atoms with Crippen LogP contribution in [0.5, 0.6) is 11.5 Å². The molecule has 2 aromatic rings. The molecule has 0 bridgehead atoms. The molecule has 0 saturated heterocycles. The number of nitrogens with one attached hydrogen (secondary N) is 1. The summed E-state index contributed by atoms with van der Waals surface area (Å²) in [6.07, 6.45) is 0.793. The highest BCUT2D eigenvalue weighted by molar-refractivity contribution is 7.12. The summed E-state index contributed by atoms with van der Waals surface area (Å²) in [6, 6.07) is 6.89. The van der Waals surface area contributed by atoms with E-state index in [1.165, 1.54) is 18.4 Å². The van der Waals surface area contributed by atoms with Crippen molar-refractivity contribution >= 4 is 28.8 Å². The molecule has 1 heterocycles. The van der Waals surface area contributed by atoms with Gasteiger partial charge < -0.3 is 20.5 Å². The molecule has 0 atom stereocenters. The summed E-state index contributed by atoms with van der Waals surface area (Å²) in [5.74, 6) is 0.0242. The van der Waals surface area contributed by atoms with Crippen LogP contribution < -0.4 is 20.5 Å². The second-order valence-corrected chi connectivity index (χ2v) is 5.62. The van der Waals surface area contributed by atoms with Crippen molar-refractivity contribution in [2.24, 2.45) is 5.73 Å². The van der Waals surface area contributed by atoms with E-state index in [9.17, 15) is 9.59 Å². The Morgan fingerprint density at radius 3 is 2.70 bits per heavy atom. The number of primary amides is 1. The highest BCUT2D eigenvalue weighted by Crippen LogP contribution is 2.30. The SMILES string of the molecule is CCc1ccsc1C(=O)Nc1ccc(OC)c(OCC(N)=O)c1. The van der Waals surface area contributed by atoms with Gasteiger partial charge in [-0.2, -0.15) is 0 Å². The number of methoxy groups -OCH3 is 1. The number of anilines is 1. The first kappa shape index (κ1) is 16.8. The van der Waals surface area contributed by atoms with E-state index in [0.717, 1.165) is 12.0 Å². The molecule has 2 rings (SSSR count). The zero-order valence-electron chi connectivity index (χ0n) is 12.9. The van der Waals surface area contributed by atoms with Crippen LogP contribution in [0.1, 0.15) is 22.2 Å². The lowest BCUT2D eigenvalue weighted by molar-refractivity contribution is -0.119. The Morgan fingerprint density at radius 2 is 2.04 bits per heavy atom. The molecule has 0 unspecified atom stereocenters. The van der Waals surface area contributed by atoms with Gasteiger partial charge in [-0.15, -0.1) is 11.3 Å². The summed E-state index contributed by atoms with van der Waals surface area (Å²) < 4.78 is 10.5. The van der Waals surface area contributed by atoms with Gasteiger partial charge in [0.25, 0.3) is 11.8 Å². The number of amides is 2. The van der Waals surface area contributed by atoms with Crippen molar-refractivity contribution in [3.63, 3.8) is 0 Å². The van der Waals surface area contributed by atoms with Crippen LogP contribution in [0.3, 0.4) is 0 Å². The van der Waals surface area contributed by atoms with E-state index >= 15 is 0 Å². The van der Waals surface area contributed by atoms with Crippen LogP contribution in [-0.2, 0) is 11.2 Å². The second-order valence-electron chi connectivity index (χ2n) is 4.70.